The molecule has 0 atom stereocenters. The number of para-hydroxylation sites is 1. The van der Waals surface area contributed by atoms with E-state index in [0.717, 1.165) is 5.56 Å². The molecular formula is C18H19NO4. The van der Waals surface area contributed by atoms with Crippen LogP contribution in [0.2, 0.25) is 0 Å². The largest absolute Gasteiger partial charge is 0.506 e. The number of hydrogen-bond donors (Lipinski definition) is 1. The number of carbonyl (C=O) groups excluding carboxylic acids is 2. The first-order valence-electron chi connectivity index (χ1n) is 7.22. The normalized spacial score (nSPS) is 10.2. The highest BCUT2D eigenvalue weighted by Gasteiger charge is 2.23. The van der Waals surface area contributed by atoms with E-state index in [2.05, 4.69) is 4.74 Å². The fraction of sp³-hybridized carbons (Fsp3) is 0.222. The van der Waals surface area contributed by atoms with Gasteiger partial charge >= 0.3 is 5.97 Å². The second-order valence-electron chi connectivity index (χ2n) is 5.16. The Bertz CT molecular complexity index is 677. The summed E-state index contributed by atoms with van der Waals surface area (Å²) in [6, 6.07) is 14.2. The van der Waals surface area contributed by atoms with Crippen LogP contribution in [0.25, 0.3) is 0 Å². The summed E-state index contributed by atoms with van der Waals surface area (Å²) in [5, 5.41) is 10.1. The first-order valence-corrected chi connectivity index (χ1v) is 7.22. The third-order valence-electron chi connectivity index (χ3n) is 3.50. The van der Waals surface area contributed by atoms with E-state index in [1.54, 1.807) is 19.1 Å². The van der Waals surface area contributed by atoms with Crippen LogP contribution in [0.5, 0.6) is 5.75 Å². The van der Waals surface area contributed by atoms with Crippen LogP contribution >= 0.6 is 0 Å². The zero-order valence-electron chi connectivity index (χ0n) is 13.2. The number of hydrogen-bond acceptors (Lipinski definition) is 4. The average Bonchev–Trinajstić information content (AvgIpc) is 2.54. The molecule has 2 aromatic rings. The molecule has 0 fully saturated rings. The molecule has 5 heteroatoms. The van der Waals surface area contributed by atoms with E-state index < -0.39 is 5.97 Å². The minimum Gasteiger partial charge on any atom is -0.506 e. The molecule has 5 nitrogen and oxygen atoms in total. The van der Waals surface area contributed by atoms with Gasteiger partial charge in [0.05, 0.1) is 19.2 Å². The number of aryl methyl sites for hydroxylation is 1. The molecule has 0 aromatic heterocycles. The minimum absolute atomic E-state index is 0.0460. The van der Waals surface area contributed by atoms with Gasteiger partial charge in [0, 0.05) is 0 Å². The molecule has 2 rings (SSSR count). The lowest BCUT2D eigenvalue weighted by Gasteiger charge is -2.24. The van der Waals surface area contributed by atoms with Crippen molar-refractivity contribution in [3.8, 4) is 5.75 Å². The second kappa shape index (κ2) is 7.45. The summed E-state index contributed by atoms with van der Waals surface area (Å²) in [5.74, 6) is -0.879. The zero-order valence-corrected chi connectivity index (χ0v) is 13.2. The summed E-state index contributed by atoms with van der Waals surface area (Å²) in [5.41, 5.74) is 1.87. The first-order chi connectivity index (χ1) is 11.0. The topological polar surface area (TPSA) is 66.8 Å². The van der Waals surface area contributed by atoms with Crippen LogP contribution in [0.3, 0.4) is 0 Å². The molecule has 0 heterocycles. The maximum absolute atomic E-state index is 12.7. The highest BCUT2D eigenvalue weighted by atomic mass is 16.5. The Morgan fingerprint density at radius 2 is 1.78 bits per heavy atom. The predicted octanol–water partition coefficient (Wildman–Crippen LogP) is 2.45. The van der Waals surface area contributed by atoms with Gasteiger partial charge in [-0.1, -0.05) is 42.5 Å². The number of anilines is 1. The van der Waals surface area contributed by atoms with Crippen LogP contribution in [0.15, 0.2) is 48.5 Å². The number of phenolic OH excluding ortho intramolecular Hbond substituents is 1. The molecular weight excluding hydrogens is 294 g/mol. The maximum atomic E-state index is 12.7. The van der Waals surface area contributed by atoms with Crippen molar-refractivity contribution in [2.24, 2.45) is 0 Å². The molecule has 0 aliphatic rings. The SMILES string of the molecule is COC(=O)CN(C(=O)Cc1ccccc1)c1c(C)cccc1O. The van der Waals surface area contributed by atoms with Gasteiger partial charge in [-0.25, -0.2) is 0 Å². The van der Waals surface area contributed by atoms with Crippen LogP contribution in [0.4, 0.5) is 5.69 Å². The molecule has 0 aliphatic carbocycles. The summed E-state index contributed by atoms with van der Waals surface area (Å²) in [7, 11) is 1.26. The fourth-order valence-corrected chi connectivity index (χ4v) is 2.35. The zero-order chi connectivity index (χ0) is 16.8. The Morgan fingerprint density at radius 1 is 1.09 bits per heavy atom. The smallest absolute Gasteiger partial charge is 0.325 e. The highest BCUT2D eigenvalue weighted by molar-refractivity contribution is 6.00. The Labute approximate surface area is 135 Å². The van der Waals surface area contributed by atoms with E-state index in [4.69, 9.17) is 0 Å². The van der Waals surface area contributed by atoms with Gasteiger partial charge in [-0.15, -0.1) is 0 Å². The van der Waals surface area contributed by atoms with Gasteiger partial charge in [-0.3, -0.25) is 14.5 Å². The Kier molecular flexibility index (Phi) is 5.36. The van der Waals surface area contributed by atoms with Crippen molar-refractivity contribution in [3.63, 3.8) is 0 Å². The van der Waals surface area contributed by atoms with E-state index in [1.165, 1.54) is 18.1 Å². The molecule has 23 heavy (non-hydrogen) atoms. The summed E-state index contributed by atoms with van der Waals surface area (Å²) in [4.78, 5) is 25.6. The molecule has 0 bridgehead atoms. The summed E-state index contributed by atoms with van der Waals surface area (Å²) in [6.07, 6.45) is 0.131. The number of carbonyl (C=O) groups is 2. The number of phenols is 1. The number of methoxy groups -OCH3 is 1. The van der Waals surface area contributed by atoms with Gasteiger partial charge < -0.3 is 9.84 Å². The number of benzene rings is 2. The van der Waals surface area contributed by atoms with Gasteiger partial charge in [0.25, 0.3) is 0 Å². The van der Waals surface area contributed by atoms with E-state index in [1.807, 2.05) is 30.3 Å². The van der Waals surface area contributed by atoms with Crippen LogP contribution in [-0.2, 0) is 20.7 Å². The third-order valence-corrected chi connectivity index (χ3v) is 3.50. The van der Waals surface area contributed by atoms with Crippen molar-refractivity contribution in [1.29, 1.82) is 0 Å². The van der Waals surface area contributed by atoms with Gasteiger partial charge in [-0.05, 0) is 24.1 Å². The number of esters is 1. The van der Waals surface area contributed by atoms with E-state index >= 15 is 0 Å². The molecule has 2 aromatic carbocycles. The molecule has 1 N–H and O–H groups in total. The molecule has 0 saturated heterocycles. The quantitative estimate of drug-likeness (QED) is 0.861. The van der Waals surface area contributed by atoms with Crippen molar-refractivity contribution in [2.45, 2.75) is 13.3 Å². The van der Waals surface area contributed by atoms with Crippen LogP contribution in [0.1, 0.15) is 11.1 Å². The number of amides is 1. The average molecular weight is 313 g/mol. The third kappa shape index (κ3) is 4.10. The lowest BCUT2D eigenvalue weighted by atomic mass is 10.1. The number of ether oxygens (including phenoxy) is 1. The van der Waals surface area contributed by atoms with Crippen molar-refractivity contribution in [3.05, 3.63) is 59.7 Å². The van der Waals surface area contributed by atoms with Crippen molar-refractivity contribution in [2.75, 3.05) is 18.6 Å². The molecule has 0 aliphatic heterocycles. The molecule has 1 amide bonds. The molecule has 0 spiro atoms. The maximum Gasteiger partial charge on any atom is 0.325 e. The highest BCUT2D eigenvalue weighted by Crippen LogP contribution is 2.31. The lowest BCUT2D eigenvalue weighted by Crippen LogP contribution is -2.37. The Morgan fingerprint density at radius 3 is 2.39 bits per heavy atom. The van der Waals surface area contributed by atoms with Crippen LogP contribution in [0, 0.1) is 6.92 Å². The van der Waals surface area contributed by atoms with Crippen molar-refractivity contribution < 1.29 is 19.4 Å². The Balaban J connectivity index is 2.34. The van der Waals surface area contributed by atoms with Crippen molar-refractivity contribution in [1.82, 2.24) is 0 Å². The van der Waals surface area contributed by atoms with Crippen LogP contribution in [-0.4, -0.2) is 30.6 Å². The van der Waals surface area contributed by atoms with Gasteiger partial charge in [0.15, 0.2) is 0 Å². The number of rotatable bonds is 5. The molecule has 0 radical (unpaired) electrons. The second-order valence-corrected chi connectivity index (χ2v) is 5.16. The summed E-state index contributed by atoms with van der Waals surface area (Å²) in [6.45, 7) is 1.52. The first kappa shape index (κ1) is 16.5. The van der Waals surface area contributed by atoms with E-state index in [0.29, 0.717) is 11.3 Å². The van der Waals surface area contributed by atoms with E-state index in [-0.39, 0.29) is 24.6 Å². The number of nitrogens with zero attached hydrogens (tertiary/aromatic N) is 1. The van der Waals surface area contributed by atoms with Gasteiger partial charge in [0.1, 0.15) is 12.3 Å². The van der Waals surface area contributed by atoms with E-state index in [9.17, 15) is 14.7 Å². The molecule has 120 valence electrons. The molecule has 0 saturated carbocycles. The monoisotopic (exact) mass is 313 g/mol. The predicted molar refractivity (Wildman–Crippen MR) is 87.4 cm³/mol. The van der Waals surface area contributed by atoms with Gasteiger partial charge in [0.2, 0.25) is 5.91 Å². The fourth-order valence-electron chi connectivity index (χ4n) is 2.35. The lowest BCUT2D eigenvalue weighted by molar-refractivity contribution is -0.140. The summed E-state index contributed by atoms with van der Waals surface area (Å²) >= 11 is 0. The van der Waals surface area contributed by atoms with Crippen LogP contribution < -0.4 is 4.90 Å². The number of aromatic hydroxyl groups is 1. The molecule has 0 unspecified atom stereocenters. The van der Waals surface area contributed by atoms with Gasteiger partial charge in [-0.2, -0.15) is 0 Å². The van der Waals surface area contributed by atoms with Crippen molar-refractivity contribution >= 4 is 17.6 Å². The standard InChI is InChI=1S/C18H19NO4/c1-13-7-6-10-15(20)18(13)19(12-17(22)23-2)16(21)11-14-8-4-3-5-9-14/h3-10,20H,11-12H2,1-2H3. The minimum atomic E-state index is -0.547. The Hall–Kier alpha value is -2.82. The summed E-state index contributed by atoms with van der Waals surface area (Å²) < 4.78 is 4.67.